The fourth-order valence-electron chi connectivity index (χ4n) is 7.86. The van der Waals surface area contributed by atoms with E-state index >= 15 is 4.39 Å². The molecule has 30 heavy (non-hydrogen) atoms. The zero-order valence-corrected chi connectivity index (χ0v) is 19.1. The maximum absolute atomic E-state index is 15.1. The van der Waals surface area contributed by atoms with Crippen LogP contribution in [0.3, 0.4) is 0 Å². The minimum absolute atomic E-state index is 0.107. The zero-order chi connectivity index (χ0) is 21.7. The topological polar surface area (TPSA) is 43.4 Å². The third-order valence-electron chi connectivity index (χ3n) is 9.30. The number of carbonyl (C=O) groups is 2. The van der Waals surface area contributed by atoms with Crippen molar-refractivity contribution in [2.24, 2.45) is 34.5 Å². The molecule has 4 aliphatic rings. The van der Waals surface area contributed by atoms with Crippen molar-refractivity contribution in [2.45, 2.75) is 85.5 Å². The van der Waals surface area contributed by atoms with Crippen LogP contribution in [-0.4, -0.2) is 18.4 Å². The number of esters is 1. The van der Waals surface area contributed by atoms with Gasteiger partial charge in [0.05, 0.1) is 6.61 Å². The van der Waals surface area contributed by atoms with Crippen LogP contribution in [-0.2, 0) is 14.3 Å². The molecule has 0 aromatic carbocycles. The van der Waals surface area contributed by atoms with Gasteiger partial charge in [-0.1, -0.05) is 39.2 Å². The molecule has 3 saturated carbocycles. The van der Waals surface area contributed by atoms with Crippen LogP contribution in [0, 0.1) is 34.5 Å². The average Bonchev–Trinajstić information content (AvgIpc) is 3.06. The van der Waals surface area contributed by atoms with Crippen LogP contribution in [0.15, 0.2) is 23.0 Å². The molecule has 0 aromatic heterocycles. The first-order chi connectivity index (χ1) is 14.3. The van der Waals surface area contributed by atoms with Gasteiger partial charge in [-0.15, -0.1) is 0 Å². The van der Waals surface area contributed by atoms with Crippen LogP contribution < -0.4 is 0 Å². The summed E-state index contributed by atoms with van der Waals surface area (Å²) < 4.78 is 20.1. The fourth-order valence-corrected chi connectivity index (χ4v) is 7.86. The summed E-state index contributed by atoms with van der Waals surface area (Å²) in [5.74, 6) is 0.960. The molecule has 3 nitrogen and oxygen atoms in total. The van der Waals surface area contributed by atoms with Gasteiger partial charge in [-0.25, -0.2) is 4.79 Å². The quantitative estimate of drug-likeness (QED) is 0.397. The van der Waals surface area contributed by atoms with Crippen LogP contribution in [0.5, 0.6) is 0 Å². The predicted octanol–water partition coefficient (Wildman–Crippen LogP) is 6.33. The van der Waals surface area contributed by atoms with Gasteiger partial charge in [0.15, 0.2) is 5.78 Å². The van der Waals surface area contributed by atoms with Crippen molar-refractivity contribution in [3.05, 3.63) is 23.0 Å². The van der Waals surface area contributed by atoms with Crippen molar-refractivity contribution in [2.75, 3.05) is 6.61 Å². The minimum Gasteiger partial charge on any atom is -0.461 e. The predicted molar refractivity (Wildman–Crippen MR) is 115 cm³/mol. The van der Waals surface area contributed by atoms with Crippen LogP contribution in [0.1, 0.15) is 85.5 Å². The van der Waals surface area contributed by atoms with Gasteiger partial charge in [0.2, 0.25) is 5.83 Å². The first kappa shape index (κ1) is 21.8. The molecule has 4 heteroatoms. The van der Waals surface area contributed by atoms with Gasteiger partial charge in [-0.2, -0.15) is 4.39 Å². The summed E-state index contributed by atoms with van der Waals surface area (Å²) >= 11 is 0. The number of hydrogen-bond donors (Lipinski definition) is 0. The average molecular weight is 417 g/mol. The summed E-state index contributed by atoms with van der Waals surface area (Å²) in [6.07, 6.45) is 10.5. The molecule has 166 valence electrons. The highest BCUT2D eigenvalue weighted by Gasteiger charge is 2.60. The number of halogens is 1. The first-order valence-electron chi connectivity index (χ1n) is 12.1. The largest absolute Gasteiger partial charge is 0.461 e. The van der Waals surface area contributed by atoms with Crippen molar-refractivity contribution in [3.8, 4) is 0 Å². The Labute approximate surface area is 180 Å². The molecule has 0 bridgehead atoms. The van der Waals surface area contributed by atoms with E-state index in [-0.39, 0.29) is 17.4 Å². The summed E-state index contributed by atoms with van der Waals surface area (Å²) in [5.41, 5.74) is 1.96. The Morgan fingerprint density at radius 1 is 1.13 bits per heavy atom. The number of ether oxygens (including phenoxy) is 1. The van der Waals surface area contributed by atoms with Crippen molar-refractivity contribution in [3.63, 3.8) is 0 Å². The Morgan fingerprint density at radius 3 is 2.57 bits per heavy atom. The number of allylic oxidation sites excluding steroid dienone is 2. The van der Waals surface area contributed by atoms with Crippen LogP contribution in [0.4, 0.5) is 4.39 Å². The Kier molecular flexibility index (Phi) is 5.74. The van der Waals surface area contributed by atoms with E-state index in [4.69, 9.17) is 4.74 Å². The number of fused-ring (bicyclic) bond motifs is 5. The molecular weight excluding hydrogens is 379 g/mol. The van der Waals surface area contributed by atoms with E-state index in [0.717, 1.165) is 44.9 Å². The minimum atomic E-state index is -0.784. The lowest BCUT2D eigenvalue weighted by Gasteiger charge is -2.60. The van der Waals surface area contributed by atoms with Gasteiger partial charge in [0, 0.05) is 6.42 Å². The standard InChI is InChI=1S/C26H37FO3/c1-5-7-16-14-17-15-18(28)10-12-25(17,3)20-11-13-26(4)19(22(16)20)8-9-21(26)23(27)24(29)30-6-2/h15-16,19-20,22H,5-14H2,1-4H3/t16-,19-,20-,22-,25-,26-/m0/s1. The number of hydrogen-bond acceptors (Lipinski definition) is 3. The van der Waals surface area contributed by atoms with Crippen LogP contribution in [0.2, 0.25) is 0 Å². The Balaban J connectivity index is 1.72. The second kappa shape index (κ2) is 7.91. The molecule has 0 heterocycles. The van der Waals surface area contributed by atoms with Gasteiger partial charge in [-0.3, -0.25) is 4.79 Å². The lowest BCUT2D eigenvalue weighted by Crippen LogP contribution is -2.53. The van der Waals surface area contributed by atoms with E-state index in [2.05, 4.69) is 20.8 Å². The van der Waals surface area contributed by atoms with E-state index in [1.165, 1.54) is 5.57 Å². The van der Waals surface area contributed by atoms with Crippen molar-refractivity contribution >= 4 is 11.8 Å². The number of rotatable bonds is 4. The molecule has 6 atom stereocenters. The second-order valence-corrected chi connectivity index (χ2v) is 10.6. The van der Waals surface area contributed by atoms with Gasteiger partial charge < -0.3 is 4.74 Å². The summed E-state index contributed by atoms with van der Waals surface area (Å²) in [6.45, 7) is 8.76. The lowest BCUT2D eigenvalue weighted by molar-refractivity contribution is -0.140. The fraction of sp³-hybridized carbons (Fsp3) is 0.769. The molecular formula is C26H37FO3. The van der Waals surface area contributed by atoms with Gasteiger partial charge >= 0.3 is 5.97 Å². The highest BCUT2D eigenvalue weighted by molar-refractivity contribution is 5.91. The lowest BCUT2D eigenvalue weighted by atomic mass is 9.44. The Hall–Kier alpha value is -1.45. The normalized spacial score (nSPS) is 42.0. The Bertz CT molecular complexity index is 796. The van der Waals surface area contributed by atoms with Crippen molar-refractivity contribution in [1.82, 2.24) is 0 Å². The SMILES string of the molecule is CCC[C@H]1CC2=CC(=O)CC[C@]2(C)[C@H]2CC[C@]3(C)C(=C(F)C(=O)OCC)CC[C@H]3[C@H]12. The summed E-state index contributed by atoms with van der Waals surface area (Å²) in [6, 6.07) is 0. The summed E-state index contributed by atoms with van der Waals surface area (Å²) in [7, 11) is 0. The molecule has 0 saturated heterocycles. The van der Waals surface area contributed by atoms with Crippen molar-refractivity contribution in [1.29, 1.82) is 0 Å². The number of carbonyl (C=O) groups excluding carboxylic acids is 2. The van der Waals surface area contributed by atoms with Gasteiger partial charge in [-0.05, 0) is 91.6 Å². The third kappa shape index (κ3) is 3.20. The van der Waals surface area contributed by atoms with E-state index in [1.54, 1.807) is 6.92 Å². The van der Waals surface area contributed by atoms with Crippen LogP contribution >= 0.6 is 0 Å². The second-order valence-electron chi connectivity index (χ2n) is 10.6. The molecule has 0 aliphatic heterocycles. The first-order valence-corrected chi connectivity index (χ1v) is 12.1. The monoisotopic (exact) mass is 416 g/mol. The van der Waals surface area contributed by atoms with E-state index in [1.807, 2.05) is 6.08 Å². The maximum atomic E-state index is 15.1. The smallest absolute Gasteiger partial charge is 0.367 e. The summed E-state index contributed by atoms with van der Waals surface area (Å²) in [4.78, 5) is 24.4. The molecule has 0 spiro atoms. The van der Waals surface area contributed by atoms with E-state index in [0.29, 0.717) is 47.9 Å². The number of ketones is 1. The van der Waals surface area contributed by atoms with E-state index < -0.39 is 11.8 Å². The van der Waals surface area contributed by atoms with E-state index in [9.17, 15) is 9.59 Å². The van der Waals surface area contributed by atoms with Gasteiger partial charge in [0.1, 0.15) is 0 Å². The highest BCUT2D eigenvalue weighted by atomic mass is 19.1. The van der Waals surface area contributed by atoms with Crippen LogP contribution in [0.25, 0.3) is 0 Å². The Morgan fingerprint density at radius 2 is 1.87 bits per heavy atom. The molecule has 0 amide bonds. The molecule has 4 rings (SSSR count). The highest BCUT2D eigenvalue weighted by Crippen LogP contribution is 2.68. The zero-order valence-electron chi connectivity index (χ0n) is 19.1. The molecule has 0 N–H and O–H groups in total. The third-order valence-corrected chi connectivity index (χ3v) is 9.30. The molecule has 0 aromatic rings. The molecule has 4 aliphatic carbocycles. The van der Waals surface area contributed by atoms with Gasteiger partial charge in [0.25, 0.3) is 0 Å². The maximum Gasteiger partial charge on any atom is 0.367 e. The van der Waals surface area contributed by atoms with Crippen molar-refractivity contribution < 1.29 is 18.7 Å². The molecule has 0 unspecified atom stereocenters. The molecule has 0 radical (unpaired) electrons. The molecule has 3 fully saturated rings. The summed E-state index contributed by atoms with van der Waals surface area (Å²) in [5, 5.41) is 0.